The molecule has 102 valence electrons. The van der Waals surface area contributed by atoms with E-state index in [-0.39, 0.29) is 48.4 Å². The van der Waals surface area contributed by atoms with Crippen molar-refractivity contribution in [3.8, 4) is 5.75 Å². The molecule has 0 aromatic carbocycles. The number of rotatable bonds is 5. The number of carboxylic acid groups (broad SMARTS) is 1. The summed E-state index contributed by atoms with van der Waals surface area (Å²) in [7, 11) is 0. The van der Waals surface area contributed by atoms with Gasteiger partial charge in [-0.2, -0.15) is 0 Å². The van der Waals surface area contributed by atoms with Crippen molar-refractivity contribution in [1.29, 1.82) is 0 Å². The van der Waals surface area contributed by atoms with Gasteiger partial charge in [-0.15, -0.1) is 11.3 Å². The number of aryl methyl sites for hydroxylation is 1. The van der Waals surface area contributed by atoms with E-state index in [4.69, 9.17) is 9.84 Å². The molecule has 1 N–H and O–H groups in total. The van der Waals surface area contributed by atoms with Crippen LogP contribution in [0.5, 0.6) is 5.75 Å². The molecule has 7 heteroatoms. The molecule has 2 rings (SSSR count). The van der Waals surface area contributed by atoms with Crippen LogP contribution in [-0.2, 0) is 9.59 Å². The van der Waals surface area contributed by atoms with E-state index in [1.54, 1.807) is 13.0 Å². The van der Waals surface area contributed by atoms with Crippen molar-refractivity contribution in [2.24, 2.45) is 0 Å². The summed E-state index contributed by atoms with van der Waals surface area (Å²) in [5.41, 5.74) is 0. The Morgan fingerprint density at radius 1 is 1.42 bits per heavy atom. The van der Waals surface area contributed by atoms with Crippen LogP contribution in [0.2, 0.25) is 0 Å². The van der Waals surface area contributed by atoms with Crippen LogP contribution in [0.4, 0.5) is 0 Å². The molecule has 2 heterocycles. The average Bonchev–Trinajstić information content (AvgIpc) is 2.86. The Bertz CT molecular complexity index is 520. The molecule has 19 heavy (non-hydrogen) atoms. The molecule has 6 nitrogen and oxygen atoms in total. The van der Waals surface area contributed by atoms with Crippen molar-refractivity contribution in [3.63, 3.8) is 0 Å². The minimum Gasteiger partial charge on any atom is -0.490 e. The molecule has 1 fully saturated rings. The smallest absolute Gasteiger partial charge is 0.349 e. The Balaban J connectivity index is 1.94. The third-order valence-electron chi connectivity index (χ3n) is 2.74. The monoisotopic (exact) mass is 283 g/mol. The molecule has 0 spiro atoms. The van der Waals surface area contributed by atoms with Crippen LogP contribution in [-0.4, -0.2) is 40.9 Å². The van der Waals surface area contributed by atoms with Gasteiger partial charge in [-0.1, -0.05) is 0 Å². The lowest BCUT2D eigenvalue weighted by Crippen LogP contribution is -2.33. The third-order valence-corrected chi connectivity index (χ3v) is 3.76. The summed E-state index contributed by atoms with van der Waals surface area (Å²) in [6.07, 6.45) is 0.494. The molecule has 1 aromatic rings. The summed E-state index contributed by atoms with van der Waals surface area (Å²) in [5, 5.41) is 8.99. The third kappa shape index (κ3) is 2.93. The number of hydrogen-bond acceptors (Lipinski definition) is 5. The molecule has 1 aliphatic heterocycles. The molecule has 1 aliphatic rings. The van der Waals surface area contributed by atoms with Gasteiger partial charge in [-0.3, -0.25) is 14.5 Å². The number of ether oxygens (including phenoxy) is 1. The number of aromatic carboxylic acids is 1. The van der Waals surface area contributed by atoms with Crippen LogP contribution in [0.3, 0.4) is 0 Å². The van der Waals surface area contributed by atoms with Gasteiger partial charge >= 0.3 is 5.97 Å². The number of carboxylic acids is 1. The maximum absolute atomic E-state index is 11.4. The zero-order valence-electron chi connectivity index (χ0n) is 10.3. The van der Waals surface area contributed by atoms with Crippen molar-refractivity contribution >= 4 is 29.1 Å². The highest BCUT2D eigenvalue weighted by molar-refractivity contribution is 7.14. The van der Waals surface area contributed by atoms with Crippen LogP contribution in [0.15, 0.2) is 6.07 Å². The predicted octanol–water partition coefficient (Wildman–Crippen LogP) is 1.28. The van der Waals surface area contributed by atoms with Gasteiger partial charge in [0.15, 0.2) is 4.88 Å². The van der Waals surface area contributed by atoms with Crippen LogP contribution in [0, 0.1) is 6.92 Å². The maximum Gasteiger partial charge on any atom is 0.349 e. The SMILES string of the molecule is Cc1cc(OCCN2C(=O)CCC2=O)c(C(=O)O)s1. The van der Waals surface area contributed by atoms with Gasteiger partial charge in [0.1, 0.15) is 12.4 Å². The number of thiophene rings is 1. The van der Waals surface area contributed by atoms with Crippen LogP contribution in [0.1, 0.15) is 27.4 Å². The van der Waals surface area contributed by atoms with Gasteiger partial charge in [0.25, 0.3) is 0 Å². The van der Waals surface area contributed by atoms with Crippen molar-refractivity contribution in [3.05, 3.63) is 15.8 Å². The highest BCUT2D eigenvalue weighted by atomic mass is 32.1. The van der Waals surface area contributed by atoms with E-state index in [9.17, 15) is 14.4 Å². The largest absolute Gasteiger partial charge is 0.490 e. The first-order chi connectivity index (χ1) is 8.99. The number of carbonyl (C=O) groups excluding carboxylic acids is 2. The number of likely N-dealkylation sites (tertiary alicyclic amines) is 1. The van der Waals surface area contributed by atoms with Gasteiger partial charge < -0.3 is 9.84 Å². The Morgan fingerprint density at radius 2 is 2.05 bits per heavy atom. The van der Waals surface area contributed by atoms with Crippen LogP contribution >= 0.6 is 11.3 Å². The van der Waals surface area contributed by atoms with Crippen LogP contribution in [0.25, 0.3) is 0 Å². The Morgan fingerprint density at radius 3 is 2.63 bits per heavy atom. The van der Waals surface area contributed by atoms with Gasteiger partial charge in [-0.05, 0) is 13.0 Å². The van der Waals surface area contributed by atoms with E-state index >= 15 is 0 Å². The fraction of sp³-hybridized carbons (Fsp3) is 0.417. The lowest BCUT2D eigenvalue weighted by molar-refractivity contribution is -0.138. The molecule has 2 amide bonds. The normalized spacial score (nSPS) is 15.1. The molecular formula is C12H13NO5S. The van der Waals surface area contributed by atoms with Gasteiger partial charge in [0, 0.05) is 17.7 Å². The van der Waals surface area contributed by atoms with Gasteiger partial charge in [0.2, 0.25) is 11.8 Å². The van der Waals surface area contributed by atoms with Crippen molar-refractivity contribution in [2.75, 3.05) is 13.2 Å². The van der Waals surface area contributed by atoms with E-state index in [1.807, 2.05) is 0 Å². The van der Waals surface area contributed by atoms with Crippen molar-refractivity contribution in [1.82, 2.24) is 4.90 Å². The molecule has 0 unspecified atom stereocenters. The van der Waals surface area contributed by atoms with Gasteiger partial charge in [-0.25, -0.2) is 4.79 Å². The lowest BCUT2D eigenvalue weighted by atomic mass is 10.4. The number of hydrogen-bond donors (Lipinski definition) is 1. The minimum atomic E-state index is -1.04. The zero-order valence-corrected chi connectivity index (χ0v) is 11.2. The van der Waals surface area contributed by atoms with E-state index in [1.165, 1.54) is 0 Å². The summed E-state index contributed by atoms with van der Waals surface area (Å²) in [6, 6.07) is 1.64. The highest BCUT2D eigenvalue weighted by Crippen LogP contribution is 2.28. The first-order valence-electron chi connectivity index (χ1n) is 5.78. The minimum absolute atomic E-state index is 0.105. The Hall–Kier alpha value is -1.89. The quantitative estimate of drug-likeness (QED) is 0.823. The molecule has 1 aromatic heterocycles. The molecule has 0 bridgehead atoms. The molecule has 0 saturated carbocycles. The summed E-state index contributed by atoms with van der Waals surface area (Å²) in [6.45, 7) is 2.05. The fourth-order valence-corrected chi connectivity index (χ4v) is 2.66. The zero-order chi connectivity index (χ0) is 14.0. The molecule has 1 saturated heterocycles. The Labute approximate surface area is 113 Å². The van der Waals surface area contributed by atoms with E-state index < -0.39 is 5.97 Å². The second-order valence-corrected chi connectivity index (χ2v) is 5.40. The predicted molar refractivity (Wildman–Crippen MR) is 67.5 cm³/mol. The summed E-state index contributed by atoms with van der Waals surface area (Å²) < 4.78 is 5.36. The number of imide groups is 1. The number of amides is 2. The topological polar surface area (TPSA) is 83.9 Å². The fourth-order valence-electron chi connectivity index (χ4n) is 1.87. The Kier molecular flexibility index (Phi) is 3.84. The number of nitrogens with zero attached hydrogens (tertiary/aromatic N) is 1. The first kappa shape index (κ1) is 13.5. The molecular weight excluding hydrogens is 270 g/mol. The summed E-state index contributed by atoms with van der Waals surface area (Å²) in [5.74, 6) is -1.15. The second-order valence-electron chi connectivity index (χ2n) is 4.14. The van der Waals surface area contributed by atoms with Crippen LogP contribution < -0.4 is 4.74 Å². The first-order valence-corrected chi connectivity index (χ1v) is 6.60. The maximum atomic E-state index is 11.4. The van der Waals surface area contributed by atoms with Crippen molar-refractivity contribution < 1.29 is 24.2 Å². The molecule has 0 atom stereocenters. The number of carbonyl (C=O) groups is 3. The summed E-state index contributed by atoms with van der Waals surface area (Å²) >= 11 is 1.13. The van der Waals surface area contributed by atoms with Crippen molar-refractivity contribution in [2.45, 2.75) is 19.8 Å². The lowest BCUT2D eigenvalue weighted by Gasteiger charge is -2.13. The van der Waals surface area contributed by atoms with Gasteiger partial charge in [0.05, 0.1) is 6.54 Å². The van der Waals surface area contributed by atoms with E-state index in [0.717, 1.165) is 21.1 Å². The highest BCUT2D eigenvalue weighted by Gasteiger charge is 2.28. The summed E-state index contributed by atoms with van der Waals surface area (Å²) in [4.78, 5) is 35.8. The van der Waals surface area contributed by atoms with E-state index in [2.05, 4.69) is 0 Å². The average molecular weight is 283 g/mol. The molecule has 0 aliphatic carbocycles. The molecule has 0 radical (unpaired) electrons. The van der Waals surface area contributed by atoms with E-state index in [0.29, 0.717) is 0 Å². The standard InChI is InChI=1S/C12H13NO5S/c1-7-6-8(11(19-7)12(16)17)18-5-4-13-9(14)2-3-10(13)15/h6H,2-5H2,1H3,(H,16,17). The second kappa shape index (κ2) is 5.40.